The van der Waals surface area contributed by atoms with Crippen LogP contribution in [0, 0.1) is 0 Å². The molecule has 1 aliphatic heterocycles. The van der Waals surface area contributed by atoms with Crippen molar-refractivity contribution in [3.05, 3.63) is 34.9 Å². The van der Waals surface area contributed by atoms with Gasteiger partial charge in [0.25, 0.3) is 5.56 Å². The van der Waals surface area contributed by atoms with Gasteiger partial charge in [-0.25, -0.2) is 4.98 Å². The largest absolute Gasteiger partial charge is 0.349 e. The van der Waals surface area contributed by atoms with Gasteiger partial charge in [0.2, 0.25) is 0 Å². The number of hydrogen-bond donors (Lipinski definition) is 2. The fourth-order valence-corrected chi connectivity index (χ4v) is 2.57. The van der Waals surface area contributed by atoms with Crippen molar-refractivity contribution in [2.75, 3.05) is 18.4 Å². The Kier molecular flexibility index (Phi) is 3.16. The number of fused-ring (bicyclic) bond motifs is 1. The van der Waals surface area contributed by atoms with Crippen LogP contribution >= 0.6 is 12.2 Å². The molecule has 3 rings (SSSR count). The molecule has 0 spiro atoms. The van der Waals surface area contributed by atoms with Gasteiger partial charge in [-0.05, 0) is 43.3 Å². The number of H-pyrrole nitrogens is 1. The number of anilines is 1. The maximum Gasteiger partial charge on any atom is 0.258 e. The lowest BCUT2D eigenvalue weighted by molar-refractivity contribution is 0.528. The number of nitrogens with one attached hydrogen (secondary N) is 2. The van der Waals surface area contributed by atoms with Crippen LogP contribution in [0.1, 0.15) is 12.8 Å². The lowest BCUT2D eigenvalue weighted by Gasteiger charge is -2.19. The standard InChI is InChI=1S/C13H14N4OS/c18-12-10-7-9(3-4-11(10)14-8-15-12)16-13(19)17-5-1-2-6-17/h3-4,7-8H,1-2,5-6H2,(H,16,19)(H,14,15,18). The molecule has 0 amide bonds. The van der Waals surface area contributed by atoms with E-state index in [9.17, 15) is 4.79 Å². The van der Waals surface area contributed by atoms with Gasteiger partial charge in [0.1, 0.15) is 0 Å². The van der Waals surface area contributed by atoms with E-state index in [1.54, 1.807) is 6.07 Å². The van der Waals surface area contributed by atoms with Crippen molar-refractivity contribution >= 4 is 33.9 Å². The van der Waals surface area contributed by atoms with E-state index in [1.807, 2.05) is 12.1 Å². The van der Waals surface area contributed by atoms with Gasteiger partial charge in [0.15, 0.2) is 5.11 Å². The summed E-state index contributed by atoms with van der Waals surface area (Å²) in [7, 11) is 0. The van der Waals surface area contributed by atoms with Crippen LogP contribution in [0.25, 0.3) is 10.9 Å². The van der Waals surface area contributed by atoms with E-state index < -0.39 is 0 Å². The number of rotatable bonds is 1. The van der Waals surface area contributed by atoms with E-state index in [0.717, 1.165) is 23.9 Å². The van der Waals surface area contributed by atoms with Crippen molar-refractivity contribution in [1.82, 2.24) is 14.9 Å². The molecular formula is C13H14N4OS. The maximum absolute atomic E-state index is 11.7. The molecule has 2 N–H and O–H groups in total. The van der Waals surface area contributed by atoms with Gasteiger partial charge in [-0.3, -0.25) is 4.79 Å². The number of hydrogen-bond acceptors (Lipinski definition) is 3. The number of nitrogens with zero attached hydrogens (tertiary/aromatic N) is 2. The average Bonchev–Trinajstić information content (AvgIpc) is 2.94. The highest BCUT2D eigenvalue weighted by Crippen LogP contribution is 2.16. The summed E-state index contributed by atoms with van der Waals surface area (Å²) in [5.41, 5.74) is 1.37. The first-order chi connectivity index (χ1) is 9.24. The predicted octanol–water partition coefficient (Wildman–Crippen LogP) is 1.72. The topological polar surface area (TPSA) is 61.0 Å². The molecule has 98 valence electrons. The lowest BCUT2D eigenvalue weighted by Crippen LogP contribution is -2.31. The molecule has 2 aromatic rings. The lowest BCUT2D eigenvalue weighted by atomic mass is 10.2. The molecule has 0 radical (unpaired) electrons. The second kappa shape index (κ2) is 4.97. The van der Waals surface area contributed by atoms with Gasteiger partial charge < -0.3 is 15.2 Å². The fourth-order valence-electron chi connectivity index (χ4n) is 2.27. The van der Waals surface area contributed by atoms with Crippen molar-refractivity contribution in [2.45, 2.75) is 12.8 Å². The van der Waals surface area contributed by atoms with E-state index in [1.165, 1.54) is 19.2 Å². The molecule has 19 heavy (non-hydrogen) atoms. The molecule has 6 heteroatoms. The normalized spacial score (nSPS) is 14.8. The Morgan fingerprint density at radius 1 is 1.37 bits per heavy atom. The first kappa shape index (κ1) is 12.1. The second-order valence-corrected chi connectivity index (χ2v) is 4.97. The Morgan fingerprint density at radius 2 is 2.16 bits per heavy atom. The number of aromatic amines is 1. The Hall–Kier alpha value is -1.95. The van der Waals surface area contributed by atoms with E-state index in [-0.39, 0.29) is 5.56 Å². The third-order valence-corrected chi connectivity index (χ3v) is 3.65. The molecule has 0 unspecified atom stereocenters. The summed E-state index contributed by atoms with van der Waals surface area (Å²) in [6.45, 7) is 2.00. The molecule has 0 atom stereocenters. The van der Waals surface area contributed by atoms with Crippen molar-refractivity contribution in [2.24, 2.45) is 0 Å². The quantitative estimate of drug-likeness (QED) is 0.775. The van der Waals surface area contributed by atoms with Crippen molar-refractivity contribution in [1.29, 1.82) is 0 Å². The van der Waals surface area contributed by atoms with E-state index in [4.69, 9.17) is 12.2 Å². The van der Waals surface area contributed by atoms with E-state index in [0.29, 0.717) is 10.9 Å². The SMILES string of the molecule is O=c1[nH]cnc2ccc(NC(=S)N3CCCC3)cc12. The summed E-state index contributed by atoms with van der Waals surface area (Å²) < 4.78 is 0. The summed E-state index contributed by atoms with van der Waals surface area (Å²) >= 11 is 5.36. The maximum atomic E-state index is 11.7. The smallest absolute Gasteiger partial charge is 0.258 e. The number of aromatic nitrogens is 2. The van der Waals surface area contributed by atoms with Gasteiger partial charge in [-0.2, -0.15) is 0 Å². The zero-order valence-electron chi connectivity index (χ0n) is 10.3. The molecule has 1 aromatic heterocycles. The zero-order chi connectivity index (χ0) is 13.2. The van der Waals surface area contributed by atoms with Crippen molar-refractivity contribution in [3.8, 4) is 0 Å². The third kappa shape index (κ3) is 2.44. The molecule has 1 fully saturated rings. The third-order valence-electron chi connectivity index (χ3n) is 3.29. The molecule has 0 bridgehead atoms. The van der Waals surface area contributed by atoms with Crippen LogP contribution in [0.4, 0.5) is 5.69 Å². The minimum atomic E-state index is -0.138. The predicted molar refractivity (Wildman–Crippen MR) is 79.4 cm³/mol. The summed E-state index contributed by atoms with van der Waals surface area (Å²) in [6.07, 6.45) is 3.78. The minimum Gasteiger partial charge on any atom is -0.349 e. The summed E-state index contributed by atoms with van der Waals surface area (Å²) in [5, 5.41) is 4.47. The van der Waals surface area contributed by atoms with Gasteiger partial charge in [0.05, 0.1) is 17.2 Å². The van der Waals surface area contributed by atoms with Gasteiger partial charge >= 0.3 is 0 Å². The summed E-state index contributed by atoms with van der Waals surface area (Å²) in [5.74, 6) is 0. The Balaban J connectivity index is 1.87. The zero-order valence-corrected chi connectivity index (χ0v) is 11.2. The van der Waals surface area contributed by atoms with Crippen LogP contribution in [0.3, 0.4) is 0 Å². The second-order valence-electron chi connectivity index (χ2n) is 4.59. The fraction of sp³-hybridized carbons (Fsp3) is 0.308. The van der Waals surface area contributed by atoms with Crippen LogP contribution < -0.4 is 10.9 Å². The van der Waals surface area contributed by atoms with Gasteiger partial charge in [-0.15, -0.1) is 0 Å². The van der Waals surface area contributed by atoms with Crippen LogP contribution in [0.15, 0.2) is 29.3 Å². The molecule has 1 saturated heterocycles. The molecule has 0 aliphatic carbocycles. The number of benzene rings is 1. The molecule has 5 nitrogen and oxygen atoms in total. The van der Waals surface area contributed by atoms with Crippen molar-refractivity contribution in [3.63, 3.8) is 0 Å². The Morgan fingerprint density at radius 3 is 2.95 bits per heavy atom. The monoisotopic (exact) mass is 274 g/mol. The van der Waals surface area contributed by atoms with Crippen LogP contribution in [0.5, 0.6) is 0 Å². The highest BCUT2D eigenvalue weighted by atomic mass is 32.1. The molecular weight excluding hydrogens is 260 g/mol. The first-order valence-electron chi connectivity index (χ1n) is 6.27. The van der Waals surface area contributed by atoms with E-state index in [2.05, 4.69) is 20.2 Å². The summed E-state index contributed by atoms with van der Waals surface area (Å²) in [6, 6.07) is 5.49. The Bertz CT molecular complexity index is 676. The molecule has 0 saturated carbocycles. The van der Waals surface area contributed by atoms with Crippen LogP contribution in [0.2, 0.25) is 0 Å². The highest BCUT2D eigenvalue weighted by molar-refractivity contribution is 7.80. The van der Waals surface area contributed by atoms with Crippen LogP contribution in [-0.2, 0) is 0 Å². The molecule has 2 heterocycles. The van der Waals surface area contributed by atoms with Gasteiger partial charge in [0, 0.05) is 18.8 Å². The summed E-state index contributed by atoms with van der Waals surface area (Å²) in [4.78, 5) is 20.5. The van der Waals surface area contributed by atoms with E-state index >= 15 is 0 Å². The number of likely N-dealkylation sites (tertiary alicyclic amines) is 1. The minimum absolute atomic E-state index is 0.138. The highest BCUT2D eigenvalue weighted by Gasteiger charge is 2.14. The molecule has 1 aromatic carbocycles. The number of thiocarbonyl (C=S) groups is 1. The Labute approximate surface area is 115 Å². The van der Waals surface area contributed by atoms with Gasteiger partial charge in [-0.1, -0.05) is 0 Å². The molecule has 1 aliphatic rings. The first-order valence-corrected chi connectivity index (χ1v) is 6.68. The van der Waals surface area contributed by atoms with Crippen LogP contribution in [-0.4, -0.2) is 33.1 Å². The van der Waals surface area contributed by atoms with Crippen molar-refractivity contribution < 1.29 is 0 Å². The average molecular weight is 274 g/mol.